The molecule has 0 atom stereocenters. The lowest BCUT2D eigenvalue weighted by Crippen LogP contribution is -2.23. The lowest BCUT2D eigenvalue weighted by Gasteiger charge is -2.08. The van der Waals surface area contributed by atoms with Crippen LogP contribution in [0.3, 0.4) is 0 Å². The van der Waals surface area contributed by atoms with Crippen LogP contribution in [0, 0.1) is 6.92 Å². The van der Waals surface area contributed by atoms with Crippen molar-refractivity contribution in [1.29, 1.82) is 0 Å². The predicted octanol–water partition coefficient (Wildman–Crippen LogP) is 2.28. The van der Waals surface area contributed by atoms with Crippen molar-refractivity contribution in [2.45, 2.75) is 39.7 Å². The number of carbonyl (C=O) groups is 1. The number of hydrogen-bond acceptors (Lipinski definition) is 5. The Hall–Kier alpha value is -1.69. The highest BCUT2D eigenvalue weighted by Gasteiger charge is 2.11. The van der Waals surface area contributed by atoms with Gasteiger partial charge in [0.05, 0.1) is 12.5 Å². The molecule has 0 aliphatic rings. The number of methoxy groups -OCH3 is 1. The maximum Gasteiger partial charge on any atom is 0.305 e. The highest BCUT2D eigenvalue weighted by atomic mass is 32.1. The molecule has 6 heteroatoms. The van der Waals surface area contributed by atoms with Gasteiger partial charge in [-0.3, -0.25) is 14.2 Å². The second-order valence-electron chi connectivity index (χ2n) is 4.58. The molecule has 0 fully saturated rings. The summed E-state index contributed by atoms with van der Waals surface area (Å²) in [6.45, 7) is 4.37. The Balaban J connectivity index is 2.29. The summed E-state index contributed by atoms with van der Waals surface area (Å²) in [5, 5.41) is 0.676. The number of thiophene rings is 1. The minimum atomic E-state index is -0.256. The van der Waals surface area contributed by atoms with Crippen LogP contribution in [0.1, 0.15) is 30.5 Å². The number of fused-ring (bicyclic) bond motifs is 1. The Morgan fingerprint density at radius 3 is 2.90 bits per heavy atom. The zero-order valence-electron chi connectivity index (χ0n) is 11.9. The Kier molecular flexibility index (Phi) is 4.54. The molecule has 0 bridgehead atoms. The highest BCUT2D eigenvalue weighted by molar-refractivity contribution is 7.18. The Bertz CT molecular complexity index is 688. The van der Waals surface area contributed by atoms with E-state index in [2.05, 4.69) is 16.6 Å². The van der Waals surface area contributed by atoms with Crippen LogP contribution in [0.5, 0.6) is 0 Å². The number of rotatable bonds is 5. The van der Waals surface area contributed by atoms with Crippen molar-refractivity contribution in [1.82, 2.24) is 9.55 Å². The number of aromatic nitrogens is 2. The highest BCUT2D eigenvalue weighted by Crippen LogP contribution is 2.22. The molecular formula is C14H18N2O3S. The van der Waals surface area contributed by atoms with Crippen LogP contribution in [-0.2, 0) is 22.5 Å². The van der Waals surface area contributed by atoms with E-state index < -0.39 is 0 Å². The fourth-order valence-electron chi connectivity index (χ4n) is 2.09. The van der Waals surface area contributed by atoms with Crippen LogP contribution < -0.4 is 5.56 Å². The molecular weight excluding hydrogens is 276 g/mol. The summed E-state index contributed by atoms with van der Waals surface area (Å²) in [6.07, 6.45) is 1.79. The minimum Gasteiger partial charge on any atom is -0.469 e. The van der Waals surface area contributed by atoms with Gasteiger partial charge in [-0.2, -0.15) is 0 Å². The van der Waals surface area contributed by atoms with Gasteiger partial charge in [-0.05, 0) is 25.8 Å². The monoisotopic (exact) mass is 294 g/mol. The van der Waals surface area contributed by atoms with E-state index >= 15 is 0 Å². The lowest BCUT2D eigenvalue weighted by molar-refractivity contribution is -0.140. The van der Waals surface area contributed by atoms with Crippen LogP contribution in [0.2, 0.25) is 0 Å². The molecule has 2 heterocycles. The molecule has 108 valence electrons. The van der Waals surface area contributed by atoms with Crippen molar-refractivity contribution < 1.29 is 9.53 Å². The molecule has 0 aliphatic heterocycles. The normalized spacial score (nSPS) is 10.9. The van der Waals surface area contributed by atoms with Crippen LogP contribution in [0.4, 0.5) is 0 Å². The summed E-state index contributed by atoms with van der Waals surface area (Å²) in [6, 6.07) is 1.92. The van der Waals surface area contributed by atoms with Gasteiger partial charge in [-0.15, -0.1) is 11.3 Å². The van der Waals surface area contributed by atoms with E-state index in [0.29, 0.717) is 30.6 Å². The van der Waals surface area contributed by atoms with Crippen LogP contribution in [0.25, 0.3) is 10.2 Å². The zero-order valence-corrected chi connectivity index (χ0v) is 12.7. The first-order valence-electron chi connectivity index (χ1n) is 6.63. The quantitative estimate of drug-likeness (QED) is 0.794. The second-order valence-corrected chi connectivity index (χ2v) is 5.70. The number of nitrogens with zero attached hydrogens (tertiary/aromatic N) is 2. The molecule has 0 radical (unpaired) electrons. The number of carbonyl (C=O) groups excluding carboxylic acids is 1. The average molecular weight is 294 g/mol. The van der Waals surface area contributed by atoms with Gasteiger partial charge in [0.15, 0.2) is 0 Å². The third-order valence-corrected chi connectivity index (χ3v) is 4.41. The molecule has 20 heavy (non-hydrogen) atoms. The molecule has 0 aromatic carbocycles. The van der Waals surface area contributed by atoms with Crippen LogP contribution in [0.15, 0.2) is 10.9 Å². The maximum absolute atomic E-state index is 12.4. The topological polar surface area (TPSA) is 61.2 Å². The second kappa shape index (κ2) is 6.17. The maximum atomic E-state index is 12.4. The first kappa shape index (κ1) is 14.7. The number of aryl methyl sites for hydroxylation is 2. The Morgan fingerprint density at radius 2 is 2.25 bits per heavy atom. The SMILES string of the molecule is CCc1cc2c(=O)n(CCCC(=O)OC)c(C)nc2s1. The van der Waals surface area contributed by atoms with Crippen molar-refractivity contribution in [3.63, 3.8) is 0 Å². The fraction of sp³-hybridized carbons (Fsp3) is 0.500. The third kappa shape index (κ3) is 2.90. The molecule has 0 aliphatic carbocycles. The van der Waals surface area contributed by atoms with E-state index in [1.54, 1.807) is 15.9 Å². The average Bonchev–Trinajstić information content (AvgIpc) is 2.85. The van der Waals surface area contributed by atoms with Gasteiger partial charge >= 0.3 is 5.97 Å². The van der Waals surface area contributed by atoms with E-state index in [-0.39, 0.29) is 11.5 Å². The van der Waals surface area contributed by atoms with E-state index in [9.17, 15) is 9.59 Å². The van der Waals surface area contributed by atoms with E-state index in [4.69, 9.17) is 0 Å². The summed E-state index contributed by atoms with van der Waals surface area (Å²) in [7, 11) is 1.37. The number of hydrogen-bond donors (Lipinski definition) is 0. The predicted molar refractivity (Wildman–Crippen MR) is 79.2 cm³/mol. The molecule has 0 unspecified atom stereocenters. The molecule has 2 rings (SSSR count). The van der Waals surface area contributed by atoms with Crippen molar-refractivity contribution >= 4 is 27.5 Å². The van der Waals surface area contributed by atoms with E-state index in [1.807, 2.05) is 13.0 Å². The lowest BCUT2D eigenvalue weighted by atomic mass is 10.3. The summed E-state index contributed by atoms with van der Waals surface area (Å²) < 4.78 is 6.23. The van der Waals surface area contributed by atoms with Crippen molar-refractivity contribution in [3.05, 3.63) is 27.1 Å². The summed E-state index contributed by atoms with van der Waals surface area (Å²) in [4.78, 5) is 30.0. The molecule has 5 nitrogen and oxygen atoms in total. The van der Waals surface area contributed by atoms with E-state index in [1.165, 1.54) is 7.11 Å². The molecule has 2 aromatic heterocycles. The number of esters is 1. The first-order valence-corrected chi connectivity index (χ1v) is 7.45. The van der Waals surface area contributed by atoms with Gasteiger partial charge in [0.1, 0.15) is 10.7 Å². The molecule has 0 saturated carbocycles. The van der Waals surface area contributed by atoms with Gasteiger partial charge < -0.3 is 4.74 Å². The standard InChI is InChI=1S/C14H18N2O3S/c1-4-10-8-11-13(20-10)15-9(2)16(14(11)18)7-5-6-12(17)19-3/h8H,4-7H2,1-3H3. The van der Waals surface area contributed by atoms with Gasteiger partial charge in [0.25, 0.3) is 5.56 Å². The van der Waals surface area contributed by atoms with E-state index in [0.717, 1.165) is 16.1 Å². The molecule has 0 amide bonds. The third-order valence-electron chi connectivity index (χ3n) is 3.23. The zero-order chi connectivity index (χ0) is 14.7. The van der Waals surface area contributed by atoms with Crippen LogP contribution >= 0.6 is 11.3 Å². The van der Waals surface area contributed by atoms with Crippen molar-refractivity contribution in [2.75, 3.05) is 7.11 Å². The summed E-state index contributed by atoms with van der Waals surface area (Å²) in [5.41, 5.74) is -0.0201. The first-order chi connectivity index (χ1) is 9.56. The summed E-state index contributed by atoms with van der Waals surface area (Å²) >= 11 is 1.57. The largest absolute Gasteiger partial charge is 0.469 e. The van der Waals surface area contributed by atoms with Gasteiger partial charge in [0, 0.05) is 17.8 Å². The smallest absolute Gasteiger partial charge is 0.305 e. The summed E-state index contributed by atoms with van der Waals surface area (Å²) in [5.74, 6) is 0.436. The number of ether oxygens (including phenoxy) is 1. The van der Waals surface area contributed by atoms with Crippen LogP contribution in [-0.4, -0.2) is 22.6 Å². The minimum absolute atomic E-state index is 0.0201. The van der Waals surface area contributed by atoms with Gasteiger partial charge in [0.2, 0.25) is 0 Å². The fourth-order valence-corrected chi connectivity index (χ4v) is 3.09. The molecule has 0 saturated heterocycles. The molecule has 2 aromatic rings. The van der Waals surface area contributed by atoms with Gasteiger partial charge in [-0.1, -0.05) is 6.92 Å². The Labute approximate surface area is 121 Å². The van der Waals surface area contributed by atoms with Gasteiger partial charge in [-0.25, -0.2) is 4.98 Å². The molecule has 0 N–H and O–H groups in total. The van der Waals surface area contributed by atoms with Crippen molar-refractivity contribution in [3.8, 4) is 0 Å². The molecule has 0 spiro atoms. The Morgan fingerprint density at radius 1 is 1.50 bits per heavy atom. The van der Waals surface area contributed by atoms with Crippen molar-refractivity contribution in [2.24, 2.45) is 0 Å².